The molecule has 3 aromatic rings. The van der Waals surface area contributed by atoms with Gasteiger partial charge in [0.2, 0.25) is 0 Å². The van der Waals surface area contributed by atoms with Crippen LogP contribution < -0.4 is 10.6 Å². The Morgan fingerprint density at radius 2 is 1.43 bits per heavy atom. The maximum Gasteiger partial charge on any atom is 0.315 e. The van der Waals surface area contributed by atoms with Gasteiger partial charge in [0.1, 0.15) is 0 Å². The Labute approximate surface area is 306 Å². The highest BCUT2D eigenvalue weighted by Crippen LogP contribution is 2.55. The summed E-state index contributed by atoms with van der Waals surface area (Å²) in [5, 5.41) is 28.3. The number of urea groups is 1. The van der Waals surface area contributed by atoms with Crippen molar-refractivity contribution < 1.29 is 24.5 Å². The number of piperidine rings is 1. The molecule has 3 aromatic carbocycles. The fraction of sp³-hybridized carbons (Fsp3) is 0.548. The minimum Gasteiger partial charge on any atom is -0.392 e. The Morgan fingerprint density at radius 3 is 2.04 bits per heavy atom. The van der Waals surface area contributed by atoms with E-state index in [2.05, 4.69) is 22.5 Å². The molecule has 51 heavy (non-hydrogen) atoms. The molecule has 4 bridgehead atoms. The van der Waals surface area contributed by atoms with Gasteiger partial charge in [0.25, 0.3) is 0 Å². The molecule has 4 atom stereocenters. The predicted octanol–water partition coefficient (Wildman–Crippen LogP) is 7.38. The lowest BCUT2D eigenvalue weighted by molar-refractivity contribution is -0.277. The predicted molar refractivity (Wildman–Crippen MR) is 197 cm³/mol. The van der Waals surface area contributed by atoms with E-state index in [0.29, 0.717) is 24.4 Å². The van der Waals surface area contributed by atoms with Gasteiger partial charge in [-0.05, 0) is 104 Å². The second-order valence-corrected chi connectivity index (χ2v) is 16.8. The van der Waals surface area contributed by atoms with Crippen molar-refractivity contribution in [2.24, 2.45) is 23.7 Å². The van der Waals surface area contributed by atoms with Crippen molar-refractivity contribution in [1.82, 2.24) is 15.5 Å². The molecule has 2 aliphatic heterocycles. The highest BCUT2D eigenvalue weighted by molar-refractivity contribution is 6.30. The molecular formula is C42H52ClN3O5. The van der Waals surface area contributed by atoms with Gasteiger partial charge < -0.3 is 35.2 Å². The first kappa shape index (κ1) is 35.1. The van der Waals surface area contributed by atoms with E-state index in [1.807, 2.05) is 72.8 Å². The molecule has 4 aliphatic carbocycles. The number of carbonyl (C=O) groups excluding carboxylic acids is 1. The largest absolute Gasteiger partial charge is 0.392 e. The Kier molecular flexibility index (Phi) is 9.94. The Hall–Kier alpha value is -2.98. The van der Waals surface area contributed by atoms with Crippen LogP contribution in [0.25, 0.3) is 0 Å². The lowest BCUT2D eigenvalue weighted by Gasteiger charge is -2.56. The van der Waals surface area contributed by atoms with E-state index in [-0.39, 0.29) is 36.3 Å². The van der Waals surface area contributed by atoms with E-state index >= 15 is 0 Å². The zero-order chi connectivity index (χ0) is 35.2. The van der Waals surface area contributed by atoms with Crippen molar-refractivity contribution in [1.29, 1.82) is 0 Å². The van der Waals surface area contributed by atoms with Gasteiger partial charge in [-0.3, -0.25) is 0 Å². The molecule has 0 spiro atoms. The fourth-order valence-electron chi connectivity index (χ4n) is 10.3. The Bertz CT molecular complexity index is 1620. The normalized spacial score (nSPS) is 32.8. The molecule has 6 fully saturated rings. The van der Waals surface area contributed by atoms with Gasteiger partial charge in [-0.25, -0.2) is 4.79 Å². The summed E-state index contributed by atoms with van der Waals surface area (Å²) in [6.07, 6.45) is 7.87. The topological polar surface area (TPSA) is 103 Å². The summed E-state index contributed by atoms with van der Waals surface area (Å²) in [5.74, 6) is 2.43. The summed E-state index contributed by atoms with van der Waals surface area (Å²) in [7, 11) is 0. The molecule has 0 unspecified atom stereocenters. The average molecular weight is 714 g/mol. The van der Waals surface area contributed by atoms with Crippen LogP contribution in [0.4, 0.5) is 4.79 Å². The van der Waals surface area contributed by atoms with Crippen molar-refractivity contribution in [3.63, 3.8) is 0 Å². The summed E-state index contributed by atoms with van der Waals surface area (Å²) < 4.78 is 13.4. The third kappa shape index (κ3) is 7.59. The lowest BCUT2D eigenvalue weighted by atomic mass is 9.53. The number of amides is 2. The highest BCUT2D eigenvalue weighted by atomic mass is 35.5. The number of benzene rings is 3. The minimum absolute atomic E-state index is 0.00180. The first-order chi connectivity index (χ1) is 24.7. The fourth-order valence-corrected chi connectivity index (χ4v) is 10.4. The minimum atomic E-state index is -0.866. The smallest absolute Gasteiger partial charge is 0.315 e. The maximum atomic E-state index is 13.1. The number of hydrogen-bond donors (Lipinski definition) is 4. The SMILES string of the molecule is C[C@H]1[C@@H](CN2CCC(O)(c3ccc(Cl)cc3)CC2)O[C@@H](c2ccc(CNC(=O)NC34CC5CC(CC(C5)C3)C4)cc2)O[C@H]1c1ccc(CO)cc1. The second kappa shape index (κ2) is 14.4. The molecule has 4 N–H and O–H groups in total. The highest BCUT2D eigenvalue weighted by Gasteiger charge is 2.51. The summed E-state index contributed by atoms with van der Waals surface area (Å²) in [6.45, 7) is 4.88. The maximum absolute atomic E-state index is 13.1. The molecule has 2 heterocycles. The monoisotopic (exact) mass is 713 g/mol. The van der Waals surface area contributed by atoms with E-state index < -0.39 is 11.9 Å². The molecule has 2 amide bonds. The molecule has 8 nitrogen and oxygen atoms in total. The van der Waals surface area contributed by atoms with Crippen LogP contribution in [0.3, 0.4) is 0 Å². The van der Waals surface area contributed by atoms with Crippen molar-refractivity contribution in [3.05, 3.63) is 106 Å². The van der Waals surface area contributed by atoms with Gasteiger partial charge in [-0.15, -0.1) is 0 Å². The van der Waals surface area contributed by atoms with E-state index in [1.165, 1.54) is 19.3 Å². The summed E-state index contributed by atoms with van der Waals surface area (Å²) in [6, 6.07) is 23.7. The summed E-state index contributed by atoms with van der Waals surface area (Å²) >= 11 is 6.11. The van der Waals surface area contributed by atoms with Crippen molar-refractivity contribution in [2.45, 2.75) is 101 Å². The third-order valence-electron chi connectivity index (χ3n) is 12.7. The molecule has 2 saturated heterocycles. The van der Waals surface area contributed by atoms with Crippen LogP contribution in [0.5, 0.6) is 0 Å². The van der Waals surface area contributed by atoms with Crippen LogP contribution in [0.2, 0.25) is 5.02 Å². The number of ether oxygens (including phenoxy) is 2. The van der Waals surface area contributed by atoms with Crippen LogP contribution in [0.15, 0.2) is 72.8 Å². The zero-order valence-electron chi connectivity index (χ0n) is 29.6. The van der Waals surface area contributed by atoms with Crippen molar-refractivity contribution in [2.75, 3.05) is 19.6 Å². The average Bonchev–Trinajstić information content (AvgIpc) is 3.12. The van der Waals surface area contributed by atoms with Gasteiger partial charge in [-0.2, -0.15) is 0 Å². The number of hydrogen-bond acceptors (Lipinski definition) is 6. The summed E-state index contributed by atoms with van der Waals surface area (Å²) in [5.41, 5.74) is 3.92. The van der Waals surface area contributed by atoms with Gasteiger partial charge in [0, 0.05) is 48.2 Å². The number of aliphatic hydroxyl groups excluding tert-OH is 1. The number of carbonyl (C=O) groups is 1. The van der Waals surface area contributed by atoms with Gasteiger partial charge in [-0.1, -0.05) is 79.2 Å². The van der Waals surface area contributed by atoms with Crippen molar-refractivity contribution >= 4 is 17.6 Å². The van der Waals surface area contributed by atoms with E-state index in [4.69, 9.17) is 21.1 Å². The molecule has 4 saturated carbocycles. The number of nitrogens with zero attached hydrogens (tertiary/aromatic N) is 1. The molecule has 272 valence electrons. The molecule has 9 heteroatoms. The quantitative estimate of drug-likeness (QED) is 0.185. The molecule has 6 aliphatic rings. The van der Waals surface area contributed by atoms with E-state index in [0.717, 1.165) is 84.5 Å². The van der Waals surface area contributed by atoms with Crippen LogP contribution >= 0.6 is 11.6 Å². The number of rotatable bonds is 9. The van der Waals surface area contributed by atoms with Gasteiger partial charge in [0.15, 0.2) is 6.29 Å². The van der Waals surface area contributed by atoms with Gasteiger partial charge in [0.05, 0.1) is 24.4 Å². The van der Waals surface area contributed by atoms with Crippen LogP contribution in [0, 0.1) is 23.7 Å². The molecular weight excluding hydrogens is 662 g/mol. The number of nitrogens with one attached hydrogen (secondary N) is 2. The van der Waals surface area contributed by atoms with E-state index in [1.54, 1.807) is 0 Å². The van der Waals surface area contributed by atoms with Crippen LogP contribution in [-0.4, -0.2) is 52.4 Å². The first-order valence-corrected chi connectivity index (χ1v) is 19.4. The second-order valence-electron chi connectivity index (χ2n) is 16.4. The number of halogens is 1. The van der Waals surface area contributed by atoms with Crippen molar-refractivity contribution in [3.8, 4) is 0 Å². The molecule has 0 radical (unpaired) electrons. The number of likely N-dealkylation sites (tertiary alicyclic amines) is 1. The Balaban J connectivity index is 0.919. The summed E-state index contributed by atoms with van der Waals surface area (Å²) in [4.78, 5) is 15.5. The third-order valence-corrected chi connectivity index (χ3v) is 13.0. The standard InChI is InChI=1S/C42H52ClN3O5/c1-27-37(25-46-16-14-42(49,15-17-46)35-10-12-36(43)13-11-35)50-39(51-38(27)33-6-4-29(26-47)5-7-33)34-8-2-28(3-9-34)24-44-40(48)45-41-21-30-18-31(22-41)20-32(19-30)23-41/h2-13,27,30-32,37-39,47,49H,14-26H2,1H3,(H2,44,45,48)/t27-,30?,31?,32?,37+,38+,39+,41?/m0/s1. The zero-order valence-corrected chi connectivity index (χ0v) is 30.4. The Morgan fingerprint density at radius 1 is 0.843 bits per heavy atom. The first-order valence-electron chi connectivity index (χ1n) is 19.0. The molecule has 0 aromatic heterocycles. The van der Waals surface area contributed by atoms with Gasteiger partial charge >= 0.3 is 6.03 Å². The van der Waals surface area contributed by atoms with E-state index in [9.17, 15) is 15.0 Å². The lowest BCUT2D eigenvalue weighted by Crippen LogP contribution is -2.61. The number of aliphatic hydroxyl groups is 2. The van der Waals surface area contributed by atoms with Crippen LogP contribution in [0.1, 0.15) is 98.5 Å². The van der Waals surface area contributed by atoms with Crippen LogP contribution in [-0.2, 0) is 28.2 Å². The molecule has 9 rings (SSSR count).